The molecule has 0 saturated heterocycles. The number of hydrogen-bond acceptors (Lipinski definition) is 2. The van der Waals surface area contributed by atoms with Crippen LogP contribution in [-0.4, -0.2) is 5.37 Å². The van der Waals surface area contributed by atoms with E-state index in [0.717, 1.165) is 17.0 Å². The molecule has 0 radical (unpaired) electrons. The fourth-order valence-corrected chi connectivity index (χ4v) is 1.82. The van der Waals surface area contributed by atoms with Crippen LogP contribution in [0.2, 0.25) is 0 Å². The zero-order chi connectivity index (χ0) is 14.8. The van der Waals surface area contributed by atoms with Crippen LogP contribution >= 0.6 is 11.6 Å². The van der Waals surface area contributed by atoms with Crippen LogP contribution in [0.25, 0.3) is 0 Å². The van der Waals surface area contributed by atoms with E-state index in [1.165, 1.54) is 18.4 Å². The molecule has 3 nitrogen and oxygen atoms in total. The average molecular weight is 304 g/mol. The second kappa shape index (κ2) is 5.58. The molecule has 106 valence electrons. The van der Waals surface area contributed by atoms with Crippen molar-refractivity contribution in [1.82, 2.24) is 0 Å². The van der Waals surface area contributed by atoms with E-state index in [1.54, 1.807) is 12.1 Å². The quantitative estimate of drug-likeness (QED) is 0.610. The largest absolute Gasteiger partial charge is 0.467 e. The summed E-state index contributed by atoms with van der Waals surface area (Å²) in [7, 11) is 0. The maximum Gasteiger partial charge on any atom is 0.416 e. The van der Waals surface area contributed by atoms with Gasteiger partial charge in [-0.2, -0.15) is 13.2 Å². The van der Waals surface area contributed by atoms with Gasteiger partial charge < -0.3 is 4.42 Å². The molecule has 20 heavy (non-hydrogen) atoms. The maximum absolute atomic E-state index is 12.7. The van der Waals surface area contributed by atoms with Gasteiger partial charge in [0.25, 0.3) is 0 Å². The monoisotopic (exact) mass is 303 g/mol. The van der Waals surface area contributed by atoms with Crippen LogP contribution in [-0.2, 0) is 12.7 Å². The molecule has 1 amide bonds. The van der Waals surface area contributed by atoms with Crippen molar-refractivity contribution >= 4 is 22.7 Å². The Hall–Kier alpha value is -1.95. The van der Waals surface area contributed by atoms with Gasteiger partial charge in [-0.05, 0) is 41.9 Å². The number of rotatable bonds is 3. The van der Waals surface area contributed by atoms with E-state index in [9.17, 15) is 18.0 Å². The summed E-state index contributed by atoms with van der Waals surface area (Å²) in [6.45, 7) is -0.0450. The Morgan fingerprint density at radius 3 is 2.55 bits per heavy atom. The Kier molecular flexibility index (Phi) is 4.04. The summed E-state index contributed by atoms with van der Waals surface area (Å²) in [6, 6.07) is 7.58. The molecule has 7 heteroatoms. The van der Waals surface area contributed by atoms with Crippen LogP contribution < -0.4 is 4.90 Å². The predicted molar refractivity (Wildman–Crippen MR) is 67.6 cm³/mol. The van der Waals surface area contributed by atoms with E-state index in [-0.39, 0.29) is 12.2 Å². The molecule has 0 saturated carbocycles. The smallest absolute Gasteiger partial charge is 0.416 e. The van der Waals surface area contributed by atoms with Gasteiger partial charge >= 0.3 is 11.5 Å². The summed E-state index contributed by atoms with van der Waals surface area (Å²) in [5.41, 5.74) is -0.798. The molecular weight excluding hydrogens is 295 g/mol. The third kappa shape index (κ3) is 3.33. The molecule has 0 atom stereocenters. The number of halogens is 4. The molecule has 2 aromatic rings. The lowest BCUT2D eigenvalue weighted by Crippen LogP contribution is -2.25. The summed E-state index contributed by atoms with van der Waals surface area (Å²) < 4.78 is 43.0. The van der Waals surface area contributed by atoms with Crippen LogP contribution in [0.3, 0.4) is 0 Å². The number of amides is 1. The van der Waals surface area contributed by atoms with Gasteiger partial charge in [-0.1, -0.05) is 6.07 Å². The molecular formula is C13H9ClF3NO2. The van der Waals surface area contributed by atoms with Gasteiger partial charge in [0.2, 0.25) is 0 Å². The second-order valence-corrected chi connectivity index (χ2v) is 4.29. The van der Waals surface area contributed by atoms with E-state index in [4.69, 9.17) is 16.0 Å². The molecule has 0 aliphatic carbocycles. The van der Waals surface area contributed by atoms with E-state index in [1.807, 2.05) is 0 Å². The van der Waals surface area contributed by atoms with Crippen molar-refractivity contribution in [2.24, 2.45) is 0 Å². The van der Waals surface area contributed by atoms with Crippen LogP contribution in [0.1, 0.15) is 11.3 Å². The lowest BCUT2D eigenvalue weighted by molar-refractivity contribution is -0.137. The number of alkyl halides is 3. The first kappa shape index (κ1) is 14.5. The molecule has 0 bridgehead atoms. The number of hydrogen-bond donors (Lipinski definition) is 0. The van der Waals surface area contributed by atoms with Crippen molar-refractivity contribution in [1.29, 1.82) is 0 Å². The Balaban J connectivity index is 2.32. The van der Waals surface area contributed by atoms with E-state index in [2.05, 4.69) is 0 Å². The average Bonchev–Trinajstić information content (AvgIpc) is 2.87. The molecule has 1 heterocycles. The maximum atomic E-state index is 12.7. The van der Waals surface area contributed by atoms with Gasteiger partial charge in [-0.25, -0.2) is 0 Å². The highest BCUT2D eigenvalue weighted by Crippen LogP contribution is 2.32. The molecule has 0 spiro atoms. The third-order valence-corrected chi connectivity index (χ3v) is 2.80. The lowest BCUT2D eigenvalue weighted by Gasteiger charge is -2.19. The minimum absolute atomic E-state index is 0.0450. The minimum Gasteiger partial charge on any atom is -0.467 e. The Bertz CT molecular complexity index is 596. The highest BCUT2D eigenvalue weighted by molar-refractivity contribution is 6.66. The molecule has 0 N–H and O–H groups in total. The second-order valence-electron chi connectivity index (χ2n) is 3.97. The molecule has 2 rings (SSSR count). The first-order valence-corrected chi connectivity index (χ1v) is 5.92. The lowest BCUT2D eigenvalue weighted by atomic mass is 10.2. The highest BCUT2D eigenvalue weighted by Gasteiger charge is 2.31. The normalized spacial score (nSPS) is 11.4. The SMILES string of the molecule is O=C(Cl)N(Cc1ccco1)c1cccc(C(F)(F)F)c1. The van der Waals surface area contributed by atoms with Crippen molar-refractivity contribution in [3.8, 4) is 0 Å². The topological polar surface area (TPSA) is 33.5 Å². The zero-order valence-corrected chi connectivity index (χ0v) is 10.8. The molecule has 1 aromatic carbocycles. The van der Waals surface area contributed by atoms with Crippen LogP contribution in [0.5, 0.6) is 0 Å². The van der Waals surface area contributed by atoms with Crippen molar-refractivity contribution in [3.05, 3.63) is 54.0 Å². The van der Waals surface area contributed by atoms with Gasteiger partial charge in [-0.3, -0.25) is 9.69 Å². The molecule has 0 fully saturated rings. The van der Waals surface area contributed by atoms with Gasteiger partial charge in [0.15, 0.2) is 0 Å². The fourth-order valence-electron chi connectivity index (χ4n) is 1.66. The van der Waals surface area contributed by atoms with Gasteiger partial charge in [0, 0.05) is 5.69 Å². The number of benzene rings is 1. The Morgan fingerprint density at radius 1 is 1.25 bits per heavy atom. The van der Waals surface area contributed by atoms with Crippen molar-refractivity contribution in [2.75, 3.05) is 4.90 Å². The summed E-state index contributed by atoms with van der Waals surface area (Å²) in [5.74, 6) is 0.413. The number of carbonyl (C=O) groups excluding carboxylic acids is 1. The van der Waals surface area contributed by atoms with Crippen LogP contribution in [0.15, 0.2) is 47.1 Å². The minimum atomic E-state index is -4.48. The van der Waals surface area contributed by atoms with Gasteiger partial charge in [0.1, 0.15) is 5.76 Å². The fraction of sp³-hybridized carbons (Fsp3) is 0.154. The van der Waals surface area contributed by atoms with Gasteiger partial charge in [-0.15, -0.1) is 0 Å². The molecule has 1 aromatic heterocycles. The summed E-state index contributed by atoms with van der Waals surface area (Å²) in [6.07, 6.45) is -3.08. The van der Waals surface area contributed by atoms with Crippen LogP contribution in [0, 0.1) is 0 Å². The Labute approximate surface area is 117 Å². The molecule has 0 aliphatic rings. The highest BCUT2D eigenvalue weighted by atomic mass is 35.5. The summed E-state index contributed by atoms with van der Waals surface area (Å²) in [5, 5.41) is -0.888. The van der Waals surface area contributed by atoms with E-state index >= 15 is 0 Å². The van der Waals surface area contributed by atoms with Gasteiger partial charge in [0.05, 0.1) is 18.4 Å². The number of furan rings is 1. The van der Waals surface area contributed by atoms with Crippen molar-refractivity contribution in [3.63, 3.8) is 0 Å². The number of nitrogens with zero attached hydrogens (tertiary/aromatic N) is 1. The van der Waals surface area contributed by atoms with Crippen molar-refractivity contribution < 1.29 is 22.4 Å². The standard InChI is InChI=1S/C13H9ClF3NO2/c14-12(19)18(8-11-5-2-6-20-11)10-4-1-3-9(7-10)13(15,16)17/h1-7H,8H2. The zero-order valence-electron chi connectivity index (χ0n) is 10.0. The van der Waals surface area contributed by atoms with Crippen LogP contribution in [0.4, 0.5) is 23.7 Å². The Morgan fingerprint density at radius 2 is 2.00 bits per heavy atom. The first-order valence-electron chi connectivity index (χ1n) is 5.54. The third-order valence-electron chi connectivity index (χ3n) is 2.59. The first-order chi connectivity index (χ1) is 9.38. The molecule has 0 aliphatic heterocycles. The van der Waals surface area contributed by atoms with Crippen molar-refractivity contribution in [2.45, 2.75) is 12.7 Å². The summed E-state index contributed by atoms with van der Waals surface area (Å²) >= 11 is 5.43. The van der Waals surface area contributed by atoms with E-state index in [0.29, 0.717) is 5.76 Å². The number of carbonyl (C=O) groups is 1. The van der Waals surface area contributed by atoms with E-state index < -0.39 is 17.1 Å². The predicted octanol–water partition coefficient (Wildman–Crippen LogP) is 4.66. The summed E-state index contributed by atoms with van der Waals surface area (Å²) in [4.78, 5) is 12.4. The number of anilines is 1. The molecule has 0 unspecified atom stereocenters.